The molecule has 0 saturated heterocycles. The lowest BCUT2D eigenvalue weighted by Gasteiger charge is -1.99. The van der Waals surface area contributed by atoms with E-state index in [1.165, 1.54) is 11.3 Å². The van der Waals surface area contributed by atoms with Gasteiger partial charge in [-0.2, -0.15) is 9.61 Å². The molecule has 0 fully saturated rings. The van der Waals surface area contributed by atoms with Crippen LogP contribution < -0.4 is 0 Å². The highest BCUT2D eigenvalue weighted by Gasteiger charge is 2.14. The molecule has 19 heavy (non-hydrogen) atoms. The molecule has 98 valence electrons. The lowest BCUT2D eigenvalue weighted by atomic mass is 10.2. The van der Waals surface area contributed by atoms with Crippen molar-refractivity contribution in [3.05, 3.63) is 34.1 Å². The molecule has 3 rings (SSSR count). The van der Waals surface area contributed by atoms with Crippen LogP contribution in [0.1, 0.15) is 19.2 Å². The normalized spacial score (nSPS) is 11.3. The third-order valence-corrected chi connectivity index (χ3v) is 4.18. The number of hydrogen-bond donors (Lipinski definition) is 0. The van der Waals surface area contributed by atoms with E-state index in [1.54, 1.807) is 16.6 Å². The summed E-state index contributed by atoms with van der Waals surface area (Å²) in [6.45, 7) is 2.10. The van der Waals surface area contributed by atoms with Crippen LogP contribution in [0, 0.1) is 0 Å². The fourth-order valence-electron chi connectivity index (χ4n) is 1.81. The van der Waals surface area contributed by atoms with Crippen LogP contribution in [0.3, 0.4) is 0 Å². The van der Waals surface area contributed by atoms with Gasteiger partial charge in [-0.15, -0.1) is 10.2 Å². The number of hydrogen-bond acceptors (Lipinski definition) is 4. The molecule has 0 spiro atoms. The van der Waals surface area contributed by atoms with E-state index in [0.717, 1.165) is 34.2 Å². The predicted molar refractivity (Wildman–Crippen MR) is 78.1 cm³/mol. The van der Waals surface area contributed by atoms with Gasteiger partial charge in [-0.05, 0) is 24.6 Å². The maximum atomic E-state index is 6.19. The average Bonchev–Trinajstić information content (AvgIpc) is 2.95. The van der Waals surface area contributed by atoms with Crippen molar-refractivity contribution in [1.82, 2.24) is 19.8 Å². The Morgan fingerprint density at radius 3 is 2.89 bits per heavy atom. The van der Waals surface area contributed by atoms with Gasteiger partial charge in [0, 0.05) is 17.0 Å². The molecule has 7 heteroatoms. The van der Waals surface area contributed by atoms with Crippen LogP contribution in [0.4, 0.5) is 0 Å². The molecule has 2 heterocycles. The van der Waals surface area contributed by atoms with Gasteiger partial charge < -0.3 is 0 Å². The molecule has 0 unspecified atom stereocenters. The molecule has 0 bridgehead atoms. The molecule has 0 saturated carbocycles. The number of fused-ring (bicyclic) bond motifs is 1. The van der Waals surface area contributed by atoms with Gasteiger partial charge in [0.1, 0.15) is 5.01 Å². The Labute approximate surface area is 124 Å². The Kier molecular flexibility index (Phi) is 3.43. The summed E-state index contributed by atoms with van der Waals surface area (Å²) in [5.74, 6) is 0.873. The van der Waals surface area contributed by atoms with E-state index in [2.05, 4.69) is 22.2 Å². The number of halogens is 2. The van der Waals surface area contributed by atoms with Crippen LogP contribution >= 0.6 is 34.5 Å². The number of nitrogens with zero attached hydrogens (tertiary/aromatic N) is 4. The first-order valence-corrected chi connectivity index (χ1v) is 7.43. The maximum absolute atomic E-state index is 6.19. The van der Waals surface area contributed by atoms with Gasteiger partial charge in [0.05, 0.1) is 5.02 Å². The Morgan fingerprint density at radius 2 is 2.11 bits per heavy atom. The largest absolute Gasteiger partial charge is 0.234 e. The van der Waals surface area contributed by atoms with Gasteiger partial charge in [0.15, 0.2) is 5.82 Å². The van der Waals surface area contributed by atoms with Gasteiger partial charge in [-0.3, -0.25) is 0 Å². The number of rotatable bonds is 3. The minimum atomic E-state index is 0.631. The minimum absolute atomic E-state index is 0.631. The van der Waals surface area contributed by atoms with Gasteiger partial charge in [0.25, 0.3) is 0 Å². The van der Waals surface area contributed by atoms with Gasteiger partial charge in [-0.1, -0.05) is 41.5 Å². The fourth-order valence-corrected chi connectivity index (χ4v) is 3.13. The monoisotopic (exact) mass is 312 g/mol. The van der Waals surface area contributed by atoms with Gasteiger partial charge >= 0.3 is 0 Å². The first-order chi connectivity index (χ1) is 9.19. The van der Waals surface area contributed by atoms with Crippen molar-refractivity contribution in [2.24, 2.45) is 0 Å². The molecule has 2 aromatic heterocycles. The second-order valence-electron chi connectivity index (χ2n) is 4.09. The summed E-state index contributed by atoms with van der Waals surface area (Å²) in [5.41, 5.74) is 0.826. The van der Waals surface area contributed by atoms with Crippen molar-refractivity contribution < 1.29 is 0 Å². The van der Waals surface area contributed by atoms with E-state index in [0.29, 0.717) is 10.0 Å². The molecule has 0 aliphatic carbocycles. The van der Waals surface area contributed by atoms with Crippen LogP contribution in [-0.4, -0.2) is 19.8 Å². The Balaban J connectivity index is 2.12. The number of aromatic nitrogens is 4. The zero-order chi connectivity index (χ0) is 13.4. The Morgan fingerprint density at radius 1 is 1.26 bits per heavy atom. The molecule has 4 nitrogen and oxygen atoms in total. The van der Waals surface area contributed by atoms with Crippen molar-refractivity contribution >= 4 is 39.5 Å². The lowest BCUT2D eigenvalue weighted by molar-refractivity contribution is 0.778. The third-order valence-electron chi connectivity index (χ3n) is 2.69. The van der Waals surface area contributed by atoms with Crippen LogP contribution in [0.5, 0.6) is 0 Å². The number of benzene rings is 1. The highest BCUT2D eigenvalue weighted by atomic mass is 35.5. The fraction of sp³-hybridized carbons (Fsp3) is 0.250. The average molecular weight is 313 g/mol. The van der Waals surface area contributed by atoms with Gasteiger partial charge in [-0.25, -0.2) is 0 Å². The van der Waals surface area contributed by atoms with Crippen LogP contribution in [0.15, 0.2) is 18.2 Å². The van der Waals surface area contributed by atoms with E-state index in [4.69, 9.17) is 23.2 Å². The summed E-state index contributed by atoms with van der Waals surface area (Å²) in [6.07, 6.45) is 1.86. The standard InChI is InChI=1S/C12H10Cl2N4S/c1-2-3-10-15-16-12-18(10)17-11(19-12)8-6-7(13)4-5-9(8)14/h4-6H,2-3H2,1H3. The SMILES string of the molecule is CCCc1nnc2sc(-c3cc(Cl)ccc3Cl)nn12. The first kappa shape index (κ1) is 12.8. The summed E-state index contributed by atoms with van der Waals surface area (Å²) in [6, 6.07) is 5.35. The lowest BCUT2D eigenvalue weighted by Crippen LogP contribution is -1.95. The van der Waals surface area contributed by atoms with E-state index in [-0.39, 0.29) is 0 Å². The van der Waals surface area contributed by atoms with Crippen molar-refractivity contribution in [3.8, 4) is 10.6 Å². The molecular weight excluding hydrogens is 303 g/mol. The zero-order valence-electron chi connectivity index (χ0n) is 10.1. The topological polar surface area (TPSA) is 43.1 Å². The van der Waals surface area contributed by atoms with E-state index in [1.807, 2.05) is 6.07 Å². The molecule has 0 aliphatic rings. The summed E-state index contributed by atoms with van der Waals surface area (Å²) in [4.78, 5) is 0.773. The van der Waals surface area contributed by atoms with E-state index >= 15 is 0 Å². The second kappa shape index (κ2) is 5.07. The third kappa shape index (κ3) is 2.33. The smallest absolute Gasteiger partial charge is 0.187 e. The van der Waals surface area contributed by atoms with Crippen molar-refractivity contribution in [3.63, 3.8) is 0 Å². The van der Waals surface area contributed by atoms with Crippen LogP contribution in [0.25, 0.3) is 15.5 Å². The quantitative estimate of drug-likeness (QED) is 0.731. The summed E-state index contributed by atoms with van der Waals surface area (Å²) >= 11 is 13.6. The summed E-state index contributed by atoms with van der Waals surface area (Å²) in [7, 11) is 0. The Hall–Kier alpha value is -1.17. The maximum Gasteiger partial charge on any atom is 0.234 e. The molecule has 0 atom stereocenters. The molecular formula is C12H10Cl2N4S. The number of aryl methyl sites for hydroxylation is 1. The molecule has 1 aromatic carbocycles. The summed E-state index contributed by atoms with van der Waals surface area (Å²) < 4.78 is 1.78. The van der Waals surface area contributed by atoms with Crippen molar-refractivity contribution in [2.75, 3.05) is 0 Å². The van der Waals surface area contributed by atoms with Crippen molar-refractivity contribution in [2.45, 2.75) is 19.8 Å². The predicted octanol–water partition coefficient (Wildman–Crippen LogP) is 4.11. The van der Waals surface area contributed by atoms with Crippen molar-refractivity contribution in [1.29, 1.82) is 0 Å². The van der Waals surface area contributed by atoms with E-state index < -0.39 is 0 Å². The minimum Gasteiger partial charge on any atom is -0.187 e. The van der Waals surface area contributed by atoms with Gasteiger partial charge in [0.2, 0.25) is 4.96 Å². The first-order valence-electron chi connectivity index (χ1n) is 5.85. The highest BCUT2D eigenvalue weighted by molar-refractivity contribution is 7.19. The molecule has 0 radical (unpaired) electrons. The summed E-state index contributed by atoms with van der Waals surface area (Å²) in [5, 5.41) is 14.9. The molecule has 0 aliphatic heterocycles. The molecule has 0 amide bonds. The van der Waals surface area contributed by atoms with E-state index in [9.17, 15) is 0 Å². The van der Waals surface area contributed by atoms with Crippen LogP contribution in [-0.2, 0) is 6.42 Å². The molecule has 3 aromatic rings. The highest BCUT2D eigenvalue weighted by Crippen LogP contribution is 2.33. The Bertz CT molecular complexity index is 734. The molecule has 0 N–H and O–H groups in total. The zero-order valence-corrected chi connectivity index (χ0v) is 12.4. The van der Waals surface area contributed by atoms with Crippen LogP contribution in [0.2, 0.25) is 10.0 Å². The second-order valence-corrected chi connectivity index (χ2v) is 5.89.